The van der Waals surface area contributed by atoms with Crippen LogP contribution in [0.4, 0.5) is 11.5 Å². The first kappa shape index (κ1) is 25.0. The molecule has 0 amide bonds. The van der Waals surface area contributed by atoms with E-state index in [9.17, 15) is 0 Å². The Morgan fingerprint density at radius 3 is 2.44 bits per heavy atom. The van der Waals surface area contributed by atoms with Crippen molar-refractivity contribution in [2.75, 3.05) is 38.5 Å². The van der Waals surface area contributed by atoms with Crippen LogP contribution in [0.5, 0.6) is 5.75 Å². The zero-order valence-corrected chi connectivity index (χ0v) is 22.4. The number of aromatic nitrogens is 4. The first-order valence-corrected chi connectivity index (χ1v) is 13.3. The van der Waals surface area contributed by atoms with Gasteiger partial charge in [-0.15, -0.1) is 0 Å². The first-order chi connectivity index (χ1) is 19.1. The number of likely N-dealkylation sites (N-methyl/N-ethyl adjacent to an activating group) is 1. The van der Waals surface area contributed by atoms with E-state index in [-0.39, 0.29) is 0 Å². The van der Waals surface area contributed by atoms with Crippen LogP contribution in [-0.2, 0) is 20.2 Å². The summed E-state index contributed by atoms with van der Waals surface area (Å²) in [5.41, 5.74) is 5.20. The van der Waals surface area contributed by atoms with Crippen LogP contribution >= 0.6 is 0 Å². The second kappa shape index (κ2) is 11.2. The summed E-state index contributed by atoms with van der Waals surface area (Å²) in [6.07, 6.45) is 3.59. The lowest BCUT2D eigenvalue weighted by atomic mass is 10.1. The highest BCUT2D eigenvalue weighted by molar-refractivity contribution is 5.93. The van der Waals surface area contributed by atoms with E-state index in [0.29, 0.717) is 6.61 Å². The van der Waals surface area contributed by atoms with E-state index in [0.717, 1.165) is 77.8 Å². The third-order valence-corrected chi connectivity index (χ3v) is 7.32. The van der Waals surface area contributed by atoms with Gasteiger partial charge in [0.15, 0.2) is 0 Å². The standard InChI is InChI=1S/C31H33N7O/c1-36-14-16-38(17-15-36)20-26-19-32-31(37(26)2)24-8-13-29-28(18-24)30(34-22-33-29)35-25-9-11-27(12-10-25)39-21-23-6-4-3-5-7-23/h3-13,18-19,22H,14-17,20-21H2,1-2H3,(H,33,34,35). The lowest BCUT2D eigenvalue weighted by molar-refractivity contribution is 0.146. The molecule has 0 unspecified atom stereocenters. The molecule has 2 aromatic heterocycles. The van der Waals surface area contributed by atoms with Crippen molar-refractivity contribution < 1.29 is 4.74 Å². The summed E-state index contributed by atoms with van der Waals surface area (Å²) in [7, 11) is 4.28. The van der Waals surface area contributed by atoms with Gasteiger partial charge in [-0.05, 0) is 55.1 Å². The molecule has 0 atom stereocenters. The molecule has 8 heteroatoms. The molecule has 3 aromatic carbocycles. The lowest BCUT2D eigenvalue weighted by Crippen LogP contribution is -2.44. The number of rotatable bonds is 8. The monoisotopic (exact) mass is 519 g/mol. The zero-order chi connectivity index (χ0) is 26.6. The fraction of sp³-hybridized carbons (Fsp3) is 0.258. The Balaban J connectivity index is 1.19. The van der Waals surface area contributed by atoms with E-state index in [1.807, 2.05) is 54.7 Å². The second-order valence-corrected chi connectivity index (χ2v) is 10.1. The van der Waals surface area contributed by atoms with Gasteiger partial charge in [-0.1, -0.05) is 30.3 Å². The molecule has 1 fully saturated rings. The minimum absolute atomic E-state index is 0.539. The topological polar surface area (TPSA) is 71.3 Å². The van der Waals surface area contributed by atoms with Crippen molar-refractivity contribution in [3.8, 4) is 17.1 Å². The molecule has 1 N–H and O–H groups in total. The first-order valence-electron chi connectivity index (χ1n) is 13.3. The van der Waals surface area contributed by atoms with Gasteiger partial charge in [-0.3, -0.25) is 4.90 Å². The number of imidazole rings is 1. The van der Waals surface area contributed by atoms with Gasteiger partial charge >= 0.3 is 0 Å². The third kappa shape index (κ3) is 5.77. The summed E-state index contributed by atoms with van der Waals surface area (Å²) in [4.78, 5) is 18.7. The van der Waals surface area contributed by atoms with Crippen molar-refractivity contribution in [3.05, 3.63) is 96.6 Å². The number of fused-ring (bicyclic) bond motifs is 1. The van der Waals surface area contributed by atoms with Crippen LogP contribution in [0.15, 0.2) is 85.3 Å². The Morgan fingerprint density at radius 2 is 1.64 bits per heavy atom. The predicted molar refractivity (Wildman–Crippen MR) is 155 cm³/mol. The van der Waals surface area contributed by atoms with Gasteiger partial charge in [-0.25, -0.2) is 15.0 Å². The van der Waals surface area contributed by atoms with Gasteiger partial charge in [0.25, 0.3) is 0 Å². The summed E-state index contributed by atoms with van der Waals surface area (Å²) in [5.74, 6) is 2.52. The average Bonchev–Trinajstić information content (AvgIpc) is 3.34. The minimum Gasteiger partial charge on any atom is -0.489 e. The number of hydrogen-bond donors (Lipinski definition) is 1. The molecule has 1 aliphatic heterocycles. The van der Waals surface area contributed by atoms with Crippen LogP contribution in [-0.4, -0.2) is 62.5 Å². The van der Waals surface area contributed by atoms with Crippen molar-refractivity contribution >= 4 is 22.4 Å². The molecule has 39 heavy (non-hydrogen) atoms. The third-order valence-electron chi connectivity index (χ3n) is 7.32. The van der Waals surface area contributed by atoms with Gasteiger partial charge in [0.1, 0.15) is 30.3 Å². The van der Waals surface area contributed by atoms with Crippen molar-refractivity contribution in [2.45, 2.75) is 13.2 Å². The molecular weight excluding hydrogens is 486 g/mol. The number of nitrogens with zero attached hydrogens (tertiary/aromatic N) is 6. The summed E-state index contributed by atoms with van der Waals surface area (Å²) < 4.78 is 8.13. The Morgan fingerprint density at radius 1 is 0.846 bits per heavy atom. The summed E-state index contributed by atoms with van der Waals surface area (Å²) >= 11 is 0. The van der Waals surface area contributed by atoms with Crippen LogP contribution in [0.2, 0.25) is 0 Å². The number of hydrogen-bond acceptors (Lipinski definition) is 7. The van der Waals surface area contributed by atoms with Crippen molar-refractivity contribution in [1.29, 1.82) is 0 Å². The van der Waals surface area contributed by atoms with Crippen molar-refractivity contribution in [2.24, 2.45) is 7.05 Å². The fourth-order valence-corrected chi connectivity index (χ4v) is 4.90. The Bertz CT molecular complexity index is 1540. The Kier molecular flexibility index (Phi) is 7.21. The van der Waals surface area contributed by atoms with Crippen LogP contribution in [0.3, 0.4) is 0 Å². The van der Waals surface area contributed by atoms with Gasteiger partial charge in [-0.2, -0.15) is 0 Å². The number of piperazine rings is 1. The molecular formula is C31H33N7O. The molecule has 0 radical (unpaired) electrons. The van der Waals surface area contributed by atoms with Crippen LogP contribution in [0.1, 0.15) is 11.3 Å². The molecule has 8 nitrogen and oxygen atoms in total. The quantitative estimate of drug-likeness (QED) is 0.306. The molecule has 0 bridgehead atoms. The molecule has 0 saturated carbocycles. The summed E-state index contributed by atoms with van der Waals surface area (Å²) in [5, 5.41) is 4.41. The molecule has 198 valence electrons. The maximum absolute atomic E-state index is 5.93. The highest BCUT2D eigenvalue weighted by atomic mass is 16.5. The van der Waals surface area contributed by atoms with Crippen molar-refractivity contribution in [1.82, 2.24) is 29.3 Å². The molecule has 0 aliphatic carbocycles. The maximum atomic E-state index is 5.93. The van der Waals surface area contributed by atoms with Crippen LogP contribution < -0.4 is 10.1 Å². The predicted octanol–water partition coefficient (Wildman–Crippen LogP) is 5.10. The molecule has 1 saturated heterocycles. The second-order valence-electron chi connectivity index (χ2n) is 10.1. The smallest absolute Gasteiger partial charge is 0.141 e. The molecule has 0 spiro atoms. The minimum atomic E-state index is 0.539. The molecule has 3 heterocycles. The highest BCUT2D eigenvalue weighted by Gasteiger charge is 2.17. The van der Waals surface area contributed by atoms with Gasteiger partial charge in [0.05, 0.1) is 17.4 Å². The normalized spacial score (nSPS) is 14.5. The van der Waals surface area contributed by atoms with E-state index in [4.69, 9.17) is 9.72 Å². The largest absolute Gasteiger partial charge is 0.489 e. The molecule has 1 aliphatic rings. The van der Waals surface area contributed by atoms with E-state index in [1.165, 1.54) is 5.69 Å². The van der Waals surface area contributed by atoms with Gasteiger partial charge < -0.3 is 19.5 Å². The number of anilines is 2. The molecule has 5 aromatic rings. The maximum Gasteiger partial charge on any atom is 0.141 e. The number of nitrogens with one attached hydrogen (secondary N) is 1. The number of benzene rings is 3. The summed E-state index contributed by atoms with van der Waals surface area (Å²) in [6.45, 7) is 5.82. The SMILES string of the molecule is CN1CCN(Cc2cnc(-c3ccc4ncnc(Nc5ccc(OCc6ccccc6)cc5)c4c3)n2C)CC1. The van der Waals surface area contributed by atoms with Crippen molar-refractivity contribution in [3.63, 3.8) is 0 Å². The fourth-order valence-electron chi connectivity index (χ4n) is 4.90. The Labute approximate surface area is 228 Å². The van der Waals surface area contributed by atoms with E-state index in [2.05, 4.69) is 68.0 Å². The zero-order valence-electron chi connectivity index (χ0n) is 22.4. The van der Waals surface area contributed by atoms with E-state index < -0.39 is 0 Å². The highest BCUT2D eigenvalue weighted by Crippen LogP contribution is 2.29. The van der Waals surface area contributed by atoms with E-state index in [1.54, 1.807) is 6.33 Å². The van der Waals surface area contributed by atoms with Gasteiger partial charge in [0, 0.05) is 56.4 Å². The summed E-state index contributed by atoms with van der Waals surface area (Å²) in [6, 6.07) is 24.3. The lowest BCUT2D eigenvalue weighted by Gasteiger charge is -2.32. The van der Waals surface area contributed by atoms with Crippen LogP contribution in [0.25, 0.3) is 22.3 Å². The van der Waals surface area contributed by atoms with Gasteiger partial charge in [0.2, 0.25) is 0 Å². The average molecular weight is 520 g/mol. The molecule has 6 rings (SSSR count). The van der Waals surface area contributed by atoms with E-state index >= 15 is 0 Å². The van der Waals surface area contributed by atoms with Crippen LogP contribution in [0, 0.1) is 0 Å². The Hall–Kier alpha value is -4.27. The number of ether oxygens (including phenoxy) is 1.